The van der Waals surface area contributed by atoms with Gasteiger partial charge in [-0.25, -0.2) is 9.18 Å². The van der Waals surface area contributed by atoms with Crippen LogP contribution < -0.4 is 15.4 Å². The van der Waals surface area contributed by atoms with Crippen LogP contribution in [0.25, 0.3) is 0 Å². The zero-order valence-electron chi connectivity index (χ0n) is 18.9. The largest absolute Gasteiger partial charge is 0.486 e. The molecule has 1 atom stereocenters. The van der Waals surface area contributed by atoms with Gasteiger partial charge in [-0.05, 0) is 70.0 Å². The standard InChI is InChI=1S/C23H31FN2O5/c1-15(2)23(6,14-25-21(28)31-22(3,4)5)26-20(27)19-12-11-18(30-19)13-29-17-9-7-16(24)8-10-17/h7-12,15H,13-14H2,1-6H3,(H,25,28)(H,26,27). The van der Waals surface area contributed by atoms with Crippen LogP contribution in [0.1, 0.15) is 57.9 Å². The van der Waals surface area contributed by atoms with Gasteiger partial charge in [-0.3, -0.25) is 4.79 Å². The summed E-state index contributed by atoms with van der Waals surface area (Å²) in [5, 5.41) is 5.65. The van der Waals surface area contributed by atoms with E-state index in [1.807, 2.05) is 20.8 Å². The summed E-state index contributed by atoms with van der Waals surface area (Å²) < 4.78 is 29.3. The van der Waals surface area contributed by atoms with Crippen molar-refractivity contribution in [1.29, 1.82) is 0 Å². The molecule has 2 N–H and O–H groups in total. The van der Waals surface area contributed by atoms with Crippen LogP contribution >= 0.6 is 0 Å². The molecule has 0 saturated heterocycles. The first-order valence-electron chi connectivity index (χ1n) is 10.1. The van der Waals surface area contributed by atoms with Crippen LogP contribution in [0.2, 0.25) is 0 Å². The van der Waals surface area contributed by atoms with E-state index in [-0.39, 0.29) is 30.6 Å². The average Bonchev–Trinajstić information content (AvgIpc) is 3.14. The van der Waals surface area contributed by atoms with Gasteiger partial charge < -0.3 is 24.5 Å². The predicted octanol–water partition coefficient (Wildman–Crippen LogP) is 4.67. The molecule has 0 fully saturated rings. The molecule has 2 aromatic rings. The zero-order chi connectivity index (χ0) is 23.2. The molecule has 0 aliphatic carbocycles. The minimum Gasteiger partial charge on any atom is -0.486 e. The maximum atomic E-state index is 13.0. The predicted molar refractivity (Wildman–Crippen MR) is 114 cm³/mol. The molecular formula is C23H31FN2O5. The molecule has 0 radical (unpaired) electrons. The van der Waals surface area contributed by atoms with E-state index >= 15 is 0 Å². The molecule has 2 rings (SSSR count). The molecule has 8 heteroatoms. The number of hydrogen-bond acceptors (Lipinski definition) is 5. The molecule has 0 bridgehead atoms. The first-order valence-corrected chi connectivity index (χ1v) is 10.1. The SMILES string of the molecule is CC(C)C(C)(CNC(=O)OC(C)(C)C)NC(=O)c1ccc(COc2ccc(F)cc2)o1. The minimum absolute atomic E-state index is 0.0163. The summed E-state index contributed by atoms with van der Waals surface area (Å²) in [6.07, 6.45) is -0.549. The molecule has 0 saturated carbocycles. The Balaban J connectivity index is 1.96. The van der Waals surface area contributed by atoms with Gasteiger partial charge >= 0.3 is 6.09 Å². The van der Waals surface area contributed by atoms with Gasteiger partial charge in [-0.1, -0.05) is 13.8 Å². The van der Waals surface area contributed by atoms with Gasteiger partial charge in [0.15, 0.2) is 5.76 Å². The number of halogens is 1. The molecule has 0 aliphatic heterocycles. The number of amides is 2. The summed E-state index contributed by atoms with van der Waals surface area (Å²) in [6.45, 7) is 11.4. The monoisotopic (exact) mass is 434 g/mol. The molecular weight excluding hydrogens is 403 g/mol. The van der Waals surface area contributed by atoms with Crippen LogP contribution in [-0.4, -0.2) is 29.7 Å². The van der Waals surface area contributed by atoms with Crippen LogP contribution in [0.3, 0.4) is 0 Å². The van der Waals surface area contributed by atoms with E-state index in [0.717, 1.165) is 0 Å². The van der Waals surface area contributed by atoms with E-state index in [1.54, 1.807) is 32.9 Å². The Morgan fingerprint density at radius 1 is 1.06 bits per heavy atom. The van der Waals surface area contributed by atoms with Crippen LogP contribution in [0.5, 0.6) is 5.75 Å². The molecule has 170 valence electrons. The van der Waals surface area contributed by atoms with Crippen molar-refractivity contribution in [3.63, 3.8) is 0 Å². The number of furan rings is 1. The molecule has 0 spiro atoms. The highest BCUT2D eigenvalue weighted by Gasteiger charge is 2.32. The van der Waals surface area contributed by atoms with Gasteiger partial charge in [-0.2, -0.15) is 0 Å². The van der Waals surface area contributed by atoms with Gasteiger partial charge in [0.2, 0.25) is 0 Å². The number of alkyl carbamates (subject to hydrolysis) is 1. The van der Waals surface area contributed by atoms with Crippen LogP contribution in [0, 0.1) is 11.7 Å². The molecule has 2 amide bonds. The van der Waals surface area contributed by atoms with Crippen molar-refractivity contribution in [1.82, 2.24) is 10.6 Å². The van der Waals surface area contributed by atoms with Crippen molar-refractivity contribution in [3.05, 3.63) is 53.7 Å². The van der Waals surface area contributed by atoms with Crippen molar-refractivity contribution < 1.29 is 27.9 Å². The normalized spacial score (nSPS) is 13.4. The number of hydrogen-bond donors (Lipinski definition) is 2. The van der Waals surface area contributed by atoms with Crippen molar-refractivity contribution in [2.45, 2.75) is 59.3 Å². The molecule has 31 heavy (non-hydrogen) atoms. The zero-order valence-corrected chi connectivity index (χ0v) is 18.9. The quantitative estimate of drug-likeness (QED) is 0.630. The van der Waals surface area contributed by atoms with Gasteiger partial charge in [0.25, 0.3) is 5.91 Å². The molecule has 0 aliphatic rings. The Kier molecular flexibility index (Phi) is 7.70. The molecule has 1 unspecified atom stereocenters. The number of benzene rings is 1. The Labute approximate surface area is 182 Å². The number of rotatable bonds is 8. The maximum Gasteiger partial charge on any atom is 0.407 e. The van der Waals surface area contributed by atoms with Gasteiger partial charge in [0.1, 0.15) is 29.5 Å². The Bertz CT molecular complexity index is 886. The van der Waals surface area contributed by atoms with Crippen molar-refractivity contribution >= 4 is 12.0 Å². The first-order chi connectivity index (χ1) is 14.4. The van der Waals surface area contributed by atoms with Crippen LogP contribution in [-0.2, 0) is 11.3 Å². The van der Waals surface area contributed by atoms with Crippen molar-refractivity contribution in [3.8, 4) is 5.75 Å². The van der Waals surface area contributed by atoms with E-state index in [2.05, 4.69) is 10.6 Å². The van der Waals surface area contributed by atoms with Gasteiger partial charge in [-0.15, -0.1) is 0 Å². The second-order valence-corrected chi connectivity index (χ2v) is 8.89. The molecule has 1 heterocycles. The minimum atomic E-state index is -0.731. The van der Waals surface area contributed by atoms with E-state index in [0.29, 0.717) is 11.5 Å². The summed E-state index contributed by atoms with van der Waals surface area (Å²) in [4.78, 5) is 24.7. The highest BCUT2D eigenvalue weighted by molar-refractivity contribution is 5.92. The number of carbonyl (C=O) groups excluding carboxylic acids is 2. The molecule has 1 aromatic carbocycles. The Morgan fingerprint density at radius 3 is 2.29 bits per heavy atom. The third-order valence-corrected chi connectivity index (χ3v) is 4.75. The highest BCUT2D eigenvalue weighted by atomic mass is 19.1. The summed E-state index contributed by atoms with van der Waals surface area (Å²) in [6, 6.07) is 8.82. The van der Waals surface area contributed by atoms with E-state index in [1.165, 1.54) is 24.3 Å². The van der Waals surface area contributed by atoms with Crippen LogP contribution in [0.4, 0.5) is 9.18 Å². The lowest BCUT2D eigenvalue weighted by molar-refractivity contribution is 0.0496. The number of carbonyl (C=O) groups is 2. The first kappa shape index (κ1) is 24.2. The van der Waals surface area contributed by atoms with E-state index in [4.69, 9.17) is 13.9 Å². The molecule has 1 aromatic heterocycles. The summed E-state index contributed by atoms with van der Waals surface area (Å²) in [5.41, 5.74) is -1.34. The van der Waals surface area contributed by atoms with Crippen molar-refractivity contribution in [2.24, 2.45) is 5.92 Å². The lowest BCUT2D eigenvalue weighted by atomic mass is 9.88. The fourth-order valence-electron chi connectivity index (χ4n) is 2.55. The highest BCUT2D eigenvalue weighted by Crippen LogP contribution is 2.19. The average molecular weight is 435 g/mol. The molecule has 7 nitrogen and oxygen atoms in total. The maximum absolute atomic E-state index is 13.0. The summed E-state index contributed by atoms with van der Waals surface area (Å²) in [5.74, 6) is 0.329. The fraction of sp³-hybridized carbons (Fsp3) is 0.478. The lowest BCUT2D eigenvalue weighted by Gasteiger charge is -2.35. The lowest BCUT2D eigenvalue weighted by Crippen LogP contribution is -2.57. The third kappa shape index (κ3) is 7.62. The Hall–Kier alpha value is -3.03. The third-order valence-electron chi connectivity index (χ3n) is 4.75. The summed E-state index contributed by atoms with van der Waals surface area (Å²) in [7, 11) is 0. The van der Waals surface area contributed by atoms with E-state index < -0.39 is 23.1 Å². The smallest absolute Gasteiger partial charge is 0.407 e. The van der Waals surface area contributed by atoms with Crippen molar-refractivity contribution in [2.75, 3.05) is 6.54 Å². The topological polar surface area (TPSA) is 89.8 Å². The second-order valence-electron chi connectivity index (χ2n) is 8.89. The number of nitrogens with one attached hydrogen (secondary N) is 2. The fourth-order valence-corrected chi connectivity index (χ4v) is 2.55. The van der Waals surface area contributed by atoms with Gasteiger partial charge in [0.05, 0.1) is 5.54 Å². The second kappa shape index (κ2) is 9.85. The van der Waals surface area contributed by atoms with Crippen LogP contribution in [0.15, 0.2) is 40.8 Å². The number of ether oxygens (including phenoxy) is 2. The van der Waals surface area contributed by atoms with E-state index in [9.17, 15) is 14.0 Å². The summed E-state index contributed by atoms with van der Waals surface area (Å²) >= 11 is 0. The van der Waals surface area contributed by atoms with Gasteiger partial charge in [0, 0.05) is 6.54 Å². The Morgan fingerprint density at radius 2 is 1.71 bits per heavy atom.